The minimum absolute atomic E-state index is 0.0610. The van der Waals surface area contributed by atoms with Gasteiger partial charge in [-0.1, -0.05) is 13.3 Å². The Hall–Kier alpha value is -1.17. The first-order valence-electron chi connectivity index (χ1n) is 4.47. The molecule has 0 amide bonds. The zero-order chi connectivity index (χ0) is 11.4. The Morgan fingerprint density at radius 2 is 2.27 bits per heavy atom. The first kappa shape index (κ1) is 11.9. The lowest BCUT2D eigenvalue weighted by Gasteiger charge is -2.03. The van der Waals surface area contributed by atoms with E-state index in [2.05, 4.69) is 30.6 Å². The third-order valence-corrected chi connectivity index (χ3v) is 2.61. The van der Waals surface area contributed by atoms with Crippen molar-refractivity contribution in [2.24, 2.45) is 0 Å². The largest absolute Gasteiger partial charge is 0.463 e. The third kappa shape index (κ3) is 2.65. The molecule has 0 aromatic carbocycles. The van der Waals surface area contributed by atoms with Gasteiger partial charge in [-0.15, -0.1) is 0 Å². The lowest BCUT2D eigenvalue weighted by atomic mass is 10.2. The molecule has 0 fully saturated rings. The summed E-state index contributed by atoms with van der Waals surface area (Å²) in [6.07, 6.45) is 1.48. The van der Waals surface area contributed by atoms with E-state index in [0.29, 0.717) is 16.6 Å². The highest BCUT2D eigenvalue weighted by molar-refractivity contribution is 9.10. The second-order valence-electron chi connectivity index (χ2n) is 2.92. The van der Waals surface area contributed by atoms with E-state index in [0.717, 1.165) is 6.42 Å². The number of rotatable bonds is 3. The molecule has 5 nitrogen and oxygen atoms in total. The van der Waals surface area contributed by atoms with Crippen LogP contribution in [-0.2, 0) is 11.2 Å². The number of aromatic nitrogens is 2. The highest BCUT2D eigenvalue weighted by Gasteiger charge is 2.13. The van der Waals surface area contributed by atoms with Gasteiger partial charge in [-0.2, -0.15) is 0 Å². The Bertz CT molecular complexity index is 428. The van der Waals surface area contributed by atoms with E-state index >= 15 is 0 Å². The minimum Gasteiger partial charge on any atom is -0.463 e. The Labute approximate surface area is 95.0 Å². The lowest BCUT2D eigenvalue weighted by Crippen LogP contribution is -2.19. The highest BCUT2D eigenvalue weighted by Crippen LogP contribution is 2.11. The van der Waals surface area contributed by atoms with Crippen molar-refractivity contribution in [3.05, 3.63) is 26.3 Å². The zero-order valence-electron chi connectivity index (χ0n) is 8.46. The quantitative estimate of drug-likeness (QED) is 0.843. The van der Waals surface area contributed by atoms with Crippen LogP contribution in [0.25, 0.3) is 0 Å². The van der Waals surface area contributed by atoms with Crippen LogP contribution < -0.4 is 5.56 Å². The van der Waals surface area contributed by atoms with E-state index in [4.69, 9.17) is 0 Å². The summed E-state index contributed by atoms with van der Waals surface area (Å²) in [5, 5.41) is 0. The van der Waals surface area contributed by atoms with E-state index in [1.54, 1.807) is 0 Å². The van der Waals surface area contributed by atoms with Crippen LogP contribution >= 0.6 is 15.9 Å². The maximum Gasteiger partial charge on any atom is 0.374 e. The summed E-state index contributed by atoms with van der Waals surface area (Å²) in [5.74, 6) is -0.703. The Morgan fingerprint density at radius 3 is 2.80 bits per heavy atom. The van der Waals surface area contributed by atoms with Crippen molar-refractivity contribution in [3.8, 4) is 0 Å². The summed E-state index contributed by atoms with van der Waals surface area (Å²) in [7, 11) is 1.24. The smallest absolute Gasteiger partial charge is 0.374 e. The van der Waals surface area contributed by atoms with Crippen LogP contribution in [-0.4, -0.2) is 23.0 Å². The van der Waals surface area contributed by atoms with Gasteiger partial charge in [-0.25, -0.2) is 9.78 Å². The second kappa shape index (κ2) is 5.06. The fraction of sp³-hybridized carbons (Fsp3) is 0.444. The molecule has 0 atom stereocenters. The van der Waals surface area contributed by atoms with Crippen molar-refractivity contribution < 1.29 is 9.53 Å². The van der Waals surface area contributed by atoms with E-state index in [9.17, 15) is 9.59 Å². The van der Waals surface area contributed by atoms with Crippen molar-refractivity contribution >= 4 is 21.9 Å². The Balaban J connectivity index is 3.23. The first-order chi connectivity index (χ1) is 7.10. The molecule has 0 saturated heterocycles. The SMILES string of the molecule is CCCc1nc(C(=O)OC)[nH]c(=O)c1Br. The molecule has 6 heteroatoms. The number of ether oxygens (including phenoxy) is 1. The first-order valence-corrected chi connectivity index (χ1v) is 5.26. The molecule has 0 unspecified atom stereocenters. The molecule has 1 N–H and O–H groups in total. The van der Waals surface area contributed by atoms with Crippen LogP contribution in [0.2, 0.25) is 0 Å². The number of aromatic amines is 1. The third-order valence-electron chi connectivity index (χ3n) is 1.80. The molecular weight excluding hydrogens is 264 g/mol. The fourth-order valence-corrected chi connectivity index (χ4v) is 1.49. The van der Waals surface area contributed by atoms with Gasteiger partial charge in [0.2, 0.25) is 5.82 Å². The average Bonchev–Trinajstić information content (AvgIpc) is 2.23. The standard InChI is InChI=1S/C9H11BrN2O3/c1-3-4-5-6(10)8(13)12-7(11-5)9(14)15-2/h3-4H2,1-2H3,(H,11,12,13). The molecule has 0 radical (unpaired) electrons. The van der Waals surface area contributed by atoms with Gasteiger partial charge in [0, 0.05) is 0 Å². The van der Waals surface area contributed by atoms with E-state index in [1.807, 2.05) is 6.92 Å². The number of carbonyl (C=O) groups is 1. The number of hydrogen-bond donors (Lipinski definition) is 1. The van der Waals surface area contributed by atoms with Crippen LogP contribution in [0, 0.1) is 0 Å². The number of H-pyrrole nitrogens is 1. The number of esters is 1. The number of carbonyl (C=O) groups excluding carboxylic acids is 1. The van der Waals surface area contributed by atoms with Crippen LogP contribution in [0.5, 0.6) is 0 Å². The number of nitrogens with one attached hydrogen (secondary N) is 1. The molecule has 0 aliphatic carbocycles. The topological polar surface area (TPSA) is 72.0 Å². The molecule has 82 valence electrons. The molecule has 0 bridgehead atoms. The second-order valence-corrected chi connectivity index (χ2v) is 3.71. The normalized spacial score (nSPS) is 10.1. The lowest BCUT2D eigenvalue weighted by molar-refractivity contribution is 0.0586. The molecule has 0 saturated carbocycles. The summed E-state index contributed by atoms with van der Waals surface area (Å²) >= 11 is 3.13. The summed E-state index contributed by atoms with van der Waals surface area (Å²) < 4.78 is 4.85. The number of hydrogen-bond acceptors (Lipinski definition) is 4. The molecular formula is C9H11BrN2O3. The number of aryl methyl sites for hydroxylation is 1. The summed E-state index contributed by atoms with van der Waals surface area (Å²) in [5.41, 5.74) is 0.204. The van der Waals surface area contributed by atoms with Gasteiger partial charge in [-0.05, 0) is 22.4 Å². The maximum absolute atomic E-state index is 11.4. The van der Waals surface area contributed by atoms with Crippen molar-refractivity contribution in [1.29, 1.82) is 0 Å². The van der Waals surface area contributed by atoms with Gasteiger partial charge in [-0.3, -0.25) is 9.78 Å². The van der Waals surface area contributed by atoms with Gasteiger partial charge in [0.1, 0.15) is 4.47 Å². The number of nitrogens with zero attached hydrogens (tertiary/aromatic N) is 1. The van der Waals surface area contributed by atoms with Crippen molar-refractivity contribution in [2.45, 2.75) is 19.8 Å². The van der Waals surface area contributed by atoms with E-state index < -0.39 is 5.97 Å². The van der Waals surface area contributed by atoms with Gasteiger partial charge in [0.05, 0.1) is 12.8 Å². The van der Waals surface area contributed by atoms with Gasteiger partial charge in [0.15, 0.2) is 0 Å². The molecule has 1 heterocycles. The van der Waals surface area contributed by atoms with Crippen LogP contribution in [0.15, 0.2) is 9.27 Å². The molecule has 15 heavy (non-hydrogen) atoms. The Kier molecular flexibility index (Phi) is 4.02. The van der Waals surface area contributed by atoms with Gasteiger partial charge in [0.25, 0.3) is 5.56 Å². The van der Waals surface area contributed by atoms with E-state index in [-0.39, 0.29) is 11.4 Å². The van der Waals surface area contributed by atoms with Gasteiger partial charge < -0.3 is 4.74 Å². The maximum atomic E-state index is 11.4. The molecule has 1 aromatic rings. The Morgan fingerprint density at radius 1 is 1.60 bits per heavy atom. The summed E-state index contributed by atoms with van der Waals surface area (Å²) in [6, 6.07) is 0. The predicted octanol–water partition coefficient (Wildman–Crippen LogP) is 1.27. The zero-order valence-corrected chi connectivity index (χ0v) is 10.1. The molecule has 0 spiro atoms. The molecule has 1 rings (SSSR count). The van der Waals surface area contributed by atoms with Crippen molar-refractivity contribution in [3.63, 3.8) is 0 Å². The van der Waals surface area contributed by atoms with Crippen LogP contribution in [0.3, 0.4) is 0 Å². The predicted molar refractivity (Wildman–Crippen MR) is 57.9 cm³/mol. The summed E-state index contributed by atoms with van der Waals surface area (Å²) in [4.78, 5) is 28.9. The molecule has 0 aliphatic rings. The molecule has 0 aliphatic heterocycles. The number of halogens is 1. The van der Waals surface area contributed by atoms with Crippen molar-refractivity contribution in [2.75, 3.05) is 7.11 Å². The minimum atomic E-state index is -0.642. The highest BCUT2D eigenvalue weighted by atomic mass is 79.9. The van der Waals surface area contributed by atoms with Gasteiger partial charge >= 0.3 is 5.97 Å². The average molecular weight is 275 g/mol. The van der Waals surface area contributed by atoms with Crippen molar-refractivity contribution in [1.82, 2.24) is 9.97 Å². The fourth-order valence-electron chi connectivity index (χ4n) is 1.10. The molecule has 1 aromatic heterocycles. The van der Waals surface area contributed by atoms with Crippen LogP contribution in [0.4, 0.5) is 0 Å². The summed E-state index contributed by atoms with van der Waals surface area (Å²) in [6.45, 7) is 1.97. The van der Waals surface area contributed by atoms with E-state index in [1.165, 1.54) is 7.11 Å². The monoisotopic (exact) mass is 274 g/mol. The number of methoxy groups -OCH3 is 1. The van der Waals surface area contributed by atoms with Crippen LogP contribution in [0.1, 0.15) is 29.7 Å².